The molecule has 1 nitrogen and oxygen atoms in total. The van der Waals surface area contributed by atoms with Crippen LogP contribution in [0, 0.1) is 11.3 Å². The standard InChI is InChI=1S/C11H23N/c1-5-7-11(3,4)9-8-10(9)12-6-2/h9-10,12H,5-8H2,1-4H3. The molecule has 2 unspecified atom stereocenters. The molecule has 0 heterocycles. The fourth-order valence-electron chi connectivity index (χ4n) is 2.38. The van der Waals surface area contributed by atoms with Gasteiger partial charge in [0.2, 0.25) is 0 Å². The summed E-state index contributed by atoms with van der Waals surface area (Å²) in [7, 11) is 0. The lowest BCUT2D eigenvalue weighted by Gasteiger charge is -2.24. The van der Waals surface area contributed by atoms with E-state index >= 15 is 0 Å². The molecular weight excluding hydrogens is 146 g/mol. The van der Waals surface area contributed by atoms with Gasteiger partial charge in [0.05, 0.1) is 0 Å². The highest BCUT2D eigenvalue weighted by molar-refractivity contribution is 5.00. The molecule has 2 atom stereocenters. The van der Waals surface area contributed by atoms with Crippen molar-refractivity contribution in [1.82, 2.24) is 5.32 Å². The van der Waals surface area contributed by atoms with Gasteiger partial charge in [0, 0.05) is 6.04 Å². The lowest BCUT2D eigenvalue weighted by Crippen LogP contribution is -2.24. The van der Waals surface area contributed by atoms with Gasteiger partial charge in [-0.15, -0.1) is 0 Å². The van der Waals surface area contributed by atoms with Crippen LogP contribution in [0.15, 0.2) is 0 Å². The van der Waals surface area contributed by atoms with Gasteiger partial charge in [-0.1, -0.05) is 34.1 Å². The van der Waals surface area contributed by atoms with Gasteiger partial charge in [-0.3, -0.25) is 0 Å². The van der Waals surface area contributed by atoms with E-state index in [1.807, 2.05) is 0 Å². The first-order valence-corrected chi connectivity index (χ1v) is 5.35. The Balaban J connectivity index is 2.30. The Hall–Kier alpha value is -0.0400. The van der Waals surface area contributed by atoms with Gasteiger partial charge in [0.15, 0.2) is 0 Å². The van der Waals surface area contributed by atoms with Gasteiger partial charge in [-0.25, -0.2) is 0 Å². The van der Waals surface area contributed by atoms with E-state index < -0.39 is 0 Å². The van der Waals surface area contributed by atoms with Crippen LogP contribution in [-0.2, 0) is 0 Å². The van der Waals surface area contributed by atoms with Crippen molar-refractivity contribution < 1.29 is 0 Å². The quantitative estimate of drug-likeness (QED) is 0.667. The van der Waals surface area contributed by atoms with Crippen LogP contribution in [0.1, 0.15) is 47.0 Å². The van der Waals surface area contributed by atoms with E-state index in [0.29, 0.717) is 5.41 Å². The summed E-state index contributed by atoms with van der Waals surface area (Å²) in [6.45, 7) is 10.4. The first kappa shape index (κ1) is 10.0. The van der Waals surface area contributed by atoms with Crippen molar-refractivity contribution in [2.75, 3.05) is 6.54 Å². The van der Waals surface area contributed by atoms with Gasteiger partial charge in [0.1, 0.15) is 0 Å². The van der Waals surface area contributed by atoms with Crippen molar-refractivity contribution in [1.29, 1.82) is 0 Å². The van der Waals surface area contributed by atoms with E-state index in [0.717, 1.165) is 18.5 Å². The minimum absolute atomic E-state index is 0.571. The summed E-state index contributed by atoms with van der Waals surface area (Å²) in [5.74, 6) is 0.942. The summed E-state index contributed by atoms with van der Waals surface area (Å²) >= 11 is 0. The molecule has 72 valence electrons. The molecule has 0 aliphatic heterocycles. The van der Waals surface area contributed by atoms with E-state index in [9.17, 15) is 0 Å². The van der Waals surface area contributed by atoms with E-state index in [1.165, 1.54) is 19.3 Å². The highest BCUT2D eigenvalue weighted by Gasteiger charge is 2.46. The van der Waals surface area contributed by atoms with Gasteiger partial charge in [-0.2, -0.15) is 0 Å². The molecule has 1 aliphatic carbocycles. The third-order valence-electron chi connectivity index (χ3n) is 3.15. The van der Waals surface area contributed by atoms with Crippen LogP contribution in [-0.4, -0.2) is 12.6 Å². The van der Waals surface area contributed by atoms with Crippen molar-refractivity contribution >= 4 is 0 Å². The molecule has 0 spiro atoms. The Labute approximate surface area is 76.9 Å². The van der Waals surface area contributed by atoms with E-state index in [4.69, 9.17) is 0 Å². The minimum Gasteiger partial charge on any atom is -0.314 e. The fraction of sp³-hybridized carbons (Fsp3) is 1.00. The van der Waals surface area contributed by atoms with E-state index in [2.05, 4.69) is 33.0 Å². The smallest absolute Gasteiger partial charge is 0.0104 e. The predicted octanol–water partition coefficient (Wildman–Crippen LogP) is 2.81. The molecule has 0 saturated heterocycles. The third-order valence-corrected chi connectivity index (χ3v) is 3.15. The van der Waals surface area contributed by atoms with Crippen molar-refractivity contribution in [3.05, 3.63) is 0 Å². The third kappa shape index (κ3) is 2.22. The molecule has 1 aliphatic rings. The summed E-state index contributed by atoms with van der Waals surface area (Å²) in [6, 6.07) is 0.830. The maximum atomic E-state index is 3.53. The molecule has 1 fully saturated rings. The lowest BCUT2D eigenvalue weighted by molar-refractivity contribution is 0.269. The van der Waals surface area contributed by atoms with Gasteiger partial charge >= 0.3 is 0 Å². The molecule has 1 N–H and O–H groups in total. The second-order valence-electron chi connectivity index (χ2n) is 4.74. The maximum Gasteiger partial charge on any atom is 0.0104 e. The van der Waals surface area contributed by atoms with Crippen molar-refractivity contribution in [3.8, 4) is 0 Å². The van der Waals surface area contributed by atoms with E-state index in [1.54, 1.807) is 0 Å². The molecule has 0 aromatic heterocycles. The Kier molecular flexibility index (Phi) is 3.16. The van der Waals surface area contributed by atoms with Crippen molar-refractivity contribution in [2.24, 2.45) is 11.3 Å². The summed E-state index contributed by atoms with van der Waals surface area (Å²) in [6.07, 6.45) is 4.10. The molecule has 0 radical (unpaired) electrons. The average Bonchev–Trinajstić information content (AvgIpc) is 2.68. The SMILES string of the molecule is CCCC(C)(C)C1CC1NCC. The summed E-state index contributed by atoms with van der Waals surface area (Å²) < 4.78 is 0. The van der Waals surface area contributed by atoms with Gasteiger partial charge in [0.25, 0.3) is 0 Å². The summed E-state index contributed by atoms with van der Waals surface area (Å²) in [4.78, 5) is 0. The highest BCUT2D eigenvalue weighted by atomic mass is 15.0. The van der Waals surface area contributed by atoms with Crippen molar-refractivity contribution in [2.45, 2.75) is 53.0 Å². The van der Waals surface area contributed by atoms with Crippen LogP contribution in [0.3, 0.4) is 0 Å². The van der Waals surface area contributed by atoms with E-state index in [-0.39, 0.29) is 0 Å². The number of rotatable bonds is 5. The van der Waals surface area contributed by atoms with Gasteiger partial charge < -0.3 is 5.32 Å². The largest absolute Gasteiger partial charge is 0.314 e. The molecule has 0 amide bonds. The predicted molar refractivity (Wildman–Crippen MR) is 54.3 cm³/mol. The Morgan fingerprint density at radius 2 is 2.00 bits per heavy atom. The number of nitrogens with one attached hydrogen (secondary N) is 1. The topological polar surface area (TPSA) is 12.0 Å². The molecular formula is C11H23N. The monoisotopic (exact) mass is 169 g/mol. The Morgan fingerprint density at radius 1 is 1.33 bits per heavy atom. The lowest BCUT2D eigenvalue weighted by atomic mass is 9.82. The molecule has 0 bridgehead atoms. The summed E-state index contributed by atoms with van der Waals surface area (Å²) in [5, 5.41) is 3.53. The first-order valence-electron chi connectivity index (χ1n) is 5.35. The number of hydrogen-bond donors (Lipinski definition) is 1. The molecule has 0 aromatic rings. The fourth-order valence-corrected chi connectivity index (χ4v) is 2.38. The highest BCUT2D eigenvalue weighted by Crippen LogP contribution is 2.47. The van der Waals surface area contributed by atoms with Crippen LogP contribution in [0.2, 0.25) is 0 Å². The zero-order valence-electron chi connectivity index (χ0n) is 8.98. The second-order valence-corrected chi connectivity index (χ2v) is 4.74. The Bertz CT molecular complexity index is 140. The second kappa shape index (κ2) is 3.78. The molecule has 1 rings (SSSR count). The zero-order valence-corrected chi connectivity index (χ0v) is 8.98. The molecule has 12 heavy (non-hydrogen) atoms. The van der Waals surface area contributed by atoms with Crippen LogP contribution < -0.4 is 5.32 Å². The van der Waals surface area contributed by atoms with Crippen LogP contribution >= 0.6 is 0 Å². The molecule has 0 aromatic carbocycles. The summed E-state index contributed by atoms with van der Waals surface area (Å²) in [5.41, 5.74) is 0.571. The van der Waals surface area contributed by atoms with Crippen molar-refractivity contribution in [3.63, 3.8) is 0 Å². The minimum atomic E-state index is 0.571. The maximum absolute atomic E-state index is 3.53. The normalized spacial score (nSPS) is 29.0. The average molecular weight is 169 g/mol. The number of hydrogen-bond acceptors (Lipinski definition) is 1. The van der Waals surface area contributed by atoms with Crippen LogP contribution in [0.5, 0.6) is 0 Å². The van der Waals surface area contributed by atoms with Crippen LogP contribution in [0.25, 0.3) is 0 Å². The zero-order chi connectivity index (χ0) is 9.19. The Morgan fingerprint density at radius 3 is 2.50 bits per heavy atom. The molecule has 1 heteroatoms. The molecule has 1 saturated carbocycles. The van der Waals surface area contributed by atoms with Gasteiger partial charge in [-0.05, 0) is 30.7 Å². The van der Waals surface area contributed by atoms with Crippen LogP contribution in [0.4, 0.5) is 0 Å². The first-order chi connectivity index (χ1) is 5.61.